The number of aromatic nitrogens is 4. The maximum Gasteiger partial charge on any atom is 0.168 e. The summed E-state index contributed by atoms with van der Waals surface area (Å²) >= 11 is 3.34. The Bertz CT molecular complexity index is 647. The van der Waals surface area contributed by atoms with Gasteiger partial charge in [0.2, 0.25) is 0 Å². The van der Waals surface area contributed by atoms with Crippen molar-refractivity contribution in [1.29, 1.82) is 0 Å². The second-order valence-electron chi connectivity index (χ2n) is 3.32. The fourth-order valence-corrected chi connectivity index (χ4v) is 1.94. The van der Waals surface area contributed by atoms with Gasteiger partial charge in [-0.05, 0) is 40.2 Å². The van der Waals surface area contributed by atoms with Gasteiger partial charge in [-0.15, -0.1) is 10.2 Å². The molecule has 78 valence electrons. The highest BCUT2D eigenvalue weighted by Crippen LogP contribution is 2.20. The van der Waals surface area contributed by atoms with Gasteiger partial charge in [-0.2, -0.15) is 0 Å². The molecule has 0 saturated carbocycles. The van der Waals surface area contributed by atoms with Gasteiger partial charge in [0.25, 0.3) is 0 Å². The highest BCUT2D eigenvalue weighted by atomic mass is 79.9. The van der Waals surface area contributed by atoms with Gasteiger partial charge in [0.1, 0.15) is 4.60 Å². The molecule has 0 bridgehead atoms. The molecule has 0 unspecified atom stereocenters. The molecule has 0 fully saturated rings. The number of hydrogen-bond acceptors (Lipinski definition) is 3. The molecule has 4 nitrogen and oxygen atoms in total. The minimum Gasteiger partial charge on any atom is -0.282 e. The van der Waals surface area contributed by atoms with E-state index >= 15 is 0 Å². The normalized spacial score (nSPS) is 10.8. The number of fused-ring (bicyclic) bond motifs is 1. The lowest BCUT2D eigenvalue weighted by Crippen LogP contribution is -1.89. The van der Waals surface area contributed by atoms with E-state index in [1.807, 2.05) is 40.9 Å². The predicted molar refractivity (Wildman–Crippen MR) is 63.9 cm³/mol. The van der Waals surface area contributed by atoms with Gasteiger partial charge >= 0.3 is 0 Å². The van der Waals surface area contributed by atoms with E-state index in [9.17, 15) is 0 Å². The van der Waals surface area contributed by atoms with Gasteiger partial charge in [0.05, 0.1) is 0 Å². The number of pyridine rings is 2. The van der Waals surface area contributed by atoms with E-state index in [1.165, 1.54) is 0 Å². The smallest absolute Gasteiger partial charge is 0.168 e. The van der Waals surface area contributed by atoms with E-state index in [2.05, 4.69) is 31.1 Å². The van der Waals surface area contributed by atoms with Crippen molar-refractivity contribution in [2.24, 2.45) is 0 Å². The van der Waals surface area contributed by atoms with Crippen LogP contribution in [0.1, 0.15) is 0 Å². The SMILES string of the molecule is Brc1cc(-c2nnc3ccccn23)ccn1. The molecule has 0 radical (unpaired) electrons. The van der Waals surface area contributed by atoms with Crippen LogP contribution in [0.3, 0.4) is 0 Å². The van der Waals surface area contributed by atoms with Crippen molar-refractivity contribution in [1.82, 2.24) is 19.6 Å². The Morgan fingerprint density at radius 2 is 2.06 bits per heavy atom. The van der Waals surface area contributed by atoms with Crippen LogP contribution in [-0.2, 0) is 0 Å². The minimum absolute atomic E-state index is 0.790. The Labute approximate surface area is 100 Å². The van der Waals surface area contributed by atoms with Crippen LogP contribution >= 0.6 is 15.9 Å². The monoisotopic (exact) mass is 274 g/mol. The second kappa shape index (κ2) is 3.68. The van der Waals surface area contributed by atoms with E-state index in [0.717, 1.165) is 21.6 Å². The summed E-state index contributed by atoms with van der Waals surface area (Å²) in [7, 11) is 0. The molecule has 0 atom stereocenters. The van der Waals surface area contributed by atoms with Crippen LogP contribution in [0.15, 0.2) is 47.3 Å². The quantitative estimate of drug-likeness (QED) is 0.641. The topological polar surface area (TPSA) is 43.1 Å². The first-order valence-electron chi connectivity index (χ1n) is 4.76. The zero-order chi connectivity index (χ0) is 11.0. The highest BCUT2D eigenvalue weighted by Gasteiger charge is 2.07. The lowest BCUT2D eigenvalue weighted by molar-refractivity contribution is 1.11. The molecule has 16 heavy (non-hydrogen) atoms. The van der Waals surface area contributed by atoms with Crippen LogP contribution < -0.4 is 0 Å². The van der Waals surface area contributed by atoms with Crippen LogP contribution in [0.2, 0.25) is 0 Å². The molecule has 0 amide bonds. The van der Waals surface area contributed by atoms with Crippen LogP contribution in [-0.4, -0.2) is 19.6 Å². The second-order valence-corrected chi connectivity index (χ2v) is 4.13. The van der Waals surface area contributed by atoms with Crippen molar-refractivity contribution in [3.05, 3.63) is 47.3 Å². The van der Waals surface area contributed by atoms with E-state index in [0.29, 0.717) is 0 Å². The first kappa shape index (κ1) is 9.47. The Morgan fingerprint density at radius 3 is 2.94 bits per heavy atom. The summed E-state index contributed by atoms with van der Waals surface area (Å²) in [6.07, 6.45) is 3.68. The Morgan fingerprint density at radius 1 is 1.12 bits per heavy atom. The maximum absolute atomic E-state index is 4.17. The van der Waals surface area contributed by atoms with Gasteiger partial charge in [-0.25, -0.2) is 4.98 Å². The van der Waals surface area contributed by atoms with Crippen molar-refractivity contribution >= 4 is 21.6 Å². The average molecular weight is 275 g/mol. The van der Waals surface area contributed by atoms with Crippen molar-refractivity contribution in [2.75, 3.05) is 0 Å². The highest BCUT2D eigenvalue weighted by molar-refractivity contribution is 9.10. The average Bonchev–Trinajstić information content (AvgIpc) is 2.72. The summed E-state index contributed by atoms with van der Waals surface area (Å²) in [5.74, 6) is 0.818. The molecular formula is C11H7BrN4. The molecule has 3 aromatic heterocycles. The van der Waals surface area contributed by atoms with E-state index in [4.69, 9.17) is 0 Å². The van der Waals surface area contributed by atoms with Crippen LogP contribution in [0.5, 0.6) is 0 Å². The fraction of sp³-hybridized carbons (Fsp3) is 0. The first-order chi connectivity index (χ1) is 7.84. The summed E-state index contributed by atoms with van der Waals surface area (Å²) in [5, 5.41) is 8.27. The molecule has 0 saturated heterocycles. The van der Waals surface area contributed by atoms with E-state index in [1.54, 1.807) is 6.20 Å². The molecule has 3 rings (SSSR count). The van der Waals surface area contributed by atoms with Gasteiger partial charge in [-0.3, -0.25) is 4.40 Å². The molecular weight excluding hydrogens is 268 g/mol. The number of halogens is 1. The fourth-order valence-electron chi connectivity index (χ4n) is 1.58. The Balaban J connectivity index is 2.26. The number of hydrogen-bond donors (Lipinski definition) is 0. The van der Waals surface area contributed by atoms with Gasteiger partial charge < -0.3 is 0 Å². The first-order valence-corrected chi connectivity index (χ1v) is 5.55. The largest absolute Gasteiger partial charge is 0.282 e. The molecule has 3 heterocycles. The molecule has 0 aromatic carbocycles. The molecule has 0 spiro atoms. The lowest BCUT2D eigenvalue weighted by atomic mass is 10.2. The summed E-state index contributed by atoms with van der Waals surface area (Å²) < 4.78 is 2.74. The molecule has 0 aliphatic rings. The summed E-state index contributed by atoms with van der Waals surface area (Å²) in [6.45, 7) is 0. The molecule has 0 N–H and O–H groups in total. The standard InChI is InChI=1S/C11H7BrN4/c12-9-7-8(4-5-13-9)11-15-14-10-3-1-2-6-16(10)11/h1-7H. The lowest BCUT2D eigenvalue weighted by Gasteiger charge is -1.99. The van der Waals surface area contributed by atoms with Gasteiger partial charge in [0.15, 0.2) is 11.5 Å². The Kier molecular flexibility index (Phi) is 2.18. The summed E-state index contributed by atoms with van der Waals surface area (Å²) in [4.78, 5) is 4.09. The third-order valence-corrected chi connectivity index (χ3v) is 2.73. The number of rotatable bonds is 1. The predicted octanol–water partition coefficient (Wildman–Crippen LogP) is 2.55. The van der Waals surface area contributed by atoms with Crippen molar-refractivity contribution < 1.29 is 0 Å². The third kappa shape index (κ3) is 1.49. The zero-order valence-corrected chi connectivity index (χ0v) is 9.79. The maximum atomic E-state index is 4.17. The van der Waals surface area contributed by atoms with Crippen LogP contribution in [0, 0.1) is 0 Å². The van der Waals surface area contributed by atoms with Crippen LogP contribution in [0.4, 0.5) is 0 Å². The number of nitrogens with zero attached hydrogens (tertiary/aromatic N) is 4. The minimum atomic E-state index is 0.790. The molecule has 0 aliphatic carbocycles. The summed E-state index contributed by atoms with van der Waals surface area (Å²) in [6, 6.07) is 9.65. The van der Waals surface area contributed by atoms with Gasteiger partial charge in [0, 0.05) is 18.0 Å². The zero-order valence-electron chi connectivity index (χ0n) is 8.21. The van der Waals surface area contributed by atoms with Crippen molar-refractivity contribution in [2.45, 2.75) is 0 Å². The van der Waals surface area contributed by atoms with E-state index < -0.39 is 0 Å². The molecule has 3 aromatic rings. The third-order valence-electron chi connectivity index (χ3n) is 2.30. The molecule has 5 heteroatoms. The molecule has 0 aliphatic heterocycles. The summed E-state index contributed by atoms with van der Waals surface area (Å²) in [5.41, 5.74) is 1.83. The van der Waals surface area contributed by atoms with Crippen LogP contribution in [0.25, 0.3) is 17.0 Å². The van der Waals surface area contributed by atoms with Crippen molar-refractivity contribution in [3.63, 3.8) is 0 Å². The Hall–Kier alpha value is -1.75. The van der Waals surface area contributed by atoms with Gasteiger partial charge in [-0.1, -0.05) is 6.07 Å². The van der Waals surface area contributed by atoms with Crippen molar-refractivity contribution in [3.8, 4) is 11.4 Å². The van der Waals surface area contributed by atoms with E-state index in [-0.39, 0.29) is 0 Å².